The Morgan fingerprint density at radius 2 is 1.23 bits per heavy atom. The molecule has 0 saturated carbocycles. The van der Waals surface area contributed by atoms with Gasteiger partial charge in [-0.3, -0.25) is 0 Å². The number of benzene rings is 6. The second-order valence-electron chi connectivity index (χ2n) is 11.1. The number of hydrogen-bond acceptors (Lipinski definition) is 4. The summed E-state index contributed by atoms with van der Waals surface area (Å²) >= 11 is 1.87. The lowest BCUT2D eigenvalue weighted by molar-refractivity contribution is 0.674. The first-order valence-corrected chi connectivity index (χ1v) is 15.6. The van der Waals surface area contributed by atoms with E-state index in [1.165, 1.54) is 42.0 Å². The van der Waals surface area contributed by atoms with Gasteiger partial charge in [-0.25, -0.2) is 9.98 Å². The molecule has 2 aromatic heterocycles. The Hall–Kier alpha value is -5.52. The van der Waals surface area contributed by atoms with Crippen molar-refractivity contribution in [3.05, 3.63) is 162 Å². The summed E-state index contributed by atoms with van der Waals surface area (Å²) in [7, 11) is 0. The SMILES string of the molecule is c1ccc(C2=NC(c3ccc(-n4c5ccccc5c5c6c(ccc54)sc4ccccc46)cc3)NC(c3ccccc3)=N2)cc1. The van der Waals surface area contributed by atoms with Crippen LogP contribution in [0.4, 0.5) is 0 Å². The fourth-order valence-electron chi connectivity index (χ4n) is 6.44. The van der Waals surface area contributed by atoms with Crippen LogP contribution >= 0.6 is 11.3 Å². The quantitative estimate of drug-likeness (QED) is 0.221. The van der Waals surface area contributed by atoms with Gasteiger partial charge in [0.2, 0.25) is 0 Å². The Morgan fingerprint density at radius 1 is 0.545 bits per heavy atom. The van der Waals surface area contributed by atoms with Gasteiger partial charge in [0.15, 0.2) is 5.84 Å². The maximum atomic E-state index is 5.06. The maximum Gasteiger partial charge on any atom is 0.159 e. The van der Waals surface area contributed by atoms with Gasteiger partial charge in [-0.2, -0.15) is 0 Å². The van der Waals surface area contributed by atoms with Gasteiger partial charge in [-0.05, 0) is 42.0 Å². The Kier molecular flexibility index (Phi) is 5.71. The molecule has 0 radical (unpaired) electrons. The van der Waals surface area contributed by atoms with E-state index >= 15 is 0 Å². The molecule has 0 bridgehead atoms. The molecule has 6 aromatic carbocycles. The number of aliphatic imine (C=N–C) groups is 2. The molecular formula is C39H26N4S. The number of para-hydroxylation sites is 1. The average Bonchev–Trinajstić information content (AvgIpc) is 3.64. The highest BCUT2D eigenvalue weighted by atomic mass is 32.1. The van der Waals surface area contributed by atoms with Crippen LogP contribution in [-0.4, -0.2) is 16.2 Å². The van der Waals surface area contributed by atoms with Gasteiger partial charge in [0.1, 0.15) is 12.0 Å². The summed E-state index contributed by atoms with van der Waals surface area (Å²) in [6.07, 6.45) is -0.262. The minimum absolute atomic E-state index is 0.262. The molecule has 8 aromatic rings. The Bertz CT molecular complexity index is 2400. The normalized spacial score (nSPS) is 15.0. The van der Waals surface area contributed by atoms with E-state index in [0.29, 0.717) is 0 Å². The van der Waals surface area contributed by atoms with Gasteiger partial charge in [0, 0.05) is 47.8 Å². The summed E-state index contributed by atoms with van der Waals surface area (Å²) in [5.41, 5.74) is 6.67. The van der Waals surface area contributed by atoms with Gasteiger partial charge in [0.05, 0.1) is 11.0 Å². The topological polar surface area (TPSA) is 41.7 Å². The molecule has 208 valence electrons. The van der Waals surface area contributed by atoms with Crippen LogP contribution in [0.15, 0.2) is 156 Å². The summed E-state index contributed by atoms with van der Waals surface area (Å²) in [5.74, 6) is 1.55. The molecule has 0 aliphatic carbocycles. The Balaban J connectivity index is 1.17. The number of nitrogens with one attached hydrogen (secondary N) is 1. The van der Waals surface area contributed by atoms with E-state index < -0.39 is 0 Å². The molecule has 1 aliphatic heterocycles. The fraction of sp³-hybridized carbons (Fsp3) is 0.0256. The monoisotopic (exact) mass is 582 g/mol. The Labute approximate surface area is 258 Å². The first-order valence-electron chi connectivity index (χ1n) is 14.8. The lowest BCUT2D eigenvalue weighted by atomic mass is 10.1. The largest absolute Gasteiger partial charge is 0.344 e. The van der Waals surface area contributed by atoms with Crippen LogP contribution in [0, 0.1) is 0 Å². The number of thiophene rings is 1. The predicted molar refractivity (Wildman–Crippen MR) is 186 cm³/mol. The highest BCUT2D eigenvalue weighted by molar-refractivity contribution is 7.26. The zero-order valence-electron chi connectivity index (χ0n) is 23.7. The van der Waals surface area contributed by atoms with Crippen molar-refractivity contribution in [3.63, 3.8) is 0 Å². The van der Waals surface area contributed by atoms with Crippen LogP contribution in [-0.2, 0) is 0 Å². The summed E-state index contributed by atoms with van der Waals surface area (Å²) in [5, 5.41) is 8.84. The number of aromatic nitrogens is 1. The number of amidine groups is 2. The van der Waals surface area contributed by atoms with Crippen LogP contribution in [0.3, 0.4) is 0 Å². The molecule has 1 unspecified atom stereocenters. The lowest BCUT2D eigenvalue weighted by Crippen LogP contribution is -2.33. The van der Waals surface area contributed by atoms with Crippen molar-refractivity contribution in [3.8, 4) is 5.69 Å². The van der Waals surface area contributed by atoms with Crippen molar-refractivity contribution < 1.29 is 0 Å². The molecule has 9 rings (SSSR count). The van der Waals surface area contributed by atoms with Gasteiger partial charge in [-0.1, -0.05) is 109 Å². The number of rotatable bonds is 4. The zero-order valence-corrected chi connectivity index (χ0v) is 24.5. The molecular weight excluding hydrogens is 557 g/mol. The average molecular weight is 583 g/mol. The van der Waals surface area contributed by atoms with Gasteiger partial charge in [-0.15, -0.1) is 11.3 Å². The van der Waals surface area contributed by atoms with Crippen molar-refractivity contribution in [2.75, 3.05) is 0 Å². The molecule has 4 nitrogen and oxygen atoms in total. The van der Waals surface area contributed by atoms with E-state index in [9.17, 15) is 0 Å². The third kappa shape index (κ3) is 3.98. The standard InChI is InChI=1S/C39H26N4S/c1-3-11-25(12-4-1)37-40-38(26-13-5-2-6-14-26)42-39(41-37)27-19-21-28(22-20-27)43-31-17-9-7-15-29(31)35-32(43)23-24-34-36(35)30-16-8-10-18-33(30)44-34/h1-24,39H,(H,40,41,42). The minimum atomic E-state index is -0.262. The first kappa shape index (κ1) is 25.0. The third-order valence-corrected chi connectivity index (χ3v) is 9.60. The summed E-state index contributed by atoms with van der Waals surface area (Å²) < 4.78 is 5.04. The van der Waals surface area contributed by atoms with Crippen LogP contribution < -0.4 is 5.32 Å². The maximum absolute atomic E-state index is 5.06. The zero-order chi connectivity index (χ0) is 29.0. The summed E-state index contributed by atoms with van der Waals surface area (Å²) in [4.78, 5) is 9.98. The number of fused-ring (bicyclic) bond motifs is 7. The molecule has 0 fully saturated rings. The number of hydrogen-bond donors (Lipinski definition) is 1. The van der Waals surface area contributed by atoms with E-state index in [-0.39, 0.29) is 6.17 Å². The molecule has 44 heavy (non-hydrogen) atoms. The molecule has 5 heteroatoms. The first-order chi connectivity index (χ1) is 21.8. The third-order valence-electron chi connectivity index (χ3n) is 8.47. The molecule has 1 atom stereocenters. The van der Waals surface area contributed by atoms with Crippen molar-refractivity contribution in [2.24, 2.45) is 9.98 Å². The molecule has 0 amide bonds. The van der Waals surface area contributed by atoms with Crippen molar-refractivity contribution in [2.45, 2.75) is 6.17 Å². The van der Waals surface area contributed by atoms with E-state index in [4.69, 9.17) is 9.98 Å². The molecule has 1 N–H and O–H groups in total. The minimum Gasteiger partial charge on any atom is -0.344 e. The highest BCUT2D eigenvalue weighted by Crippen LogP contribution is 2.43. The summed E-state index contributed by atoms with van der Waals surface area (Å²) in [6, 6.07) is 51.3. The second-order valence-corrected chi connectivity index (χ2v) is 12.2. The predicted octanol–water partition coefficient (Wildman–Crippen LogP) is 9.65. The van der Waals surface area contributed by atoms with Crippen LogP contribution in [0.5, 0.6) is 0 Å². The van der Waals surface area contributed by atoms with Crippen LogP contribution in [0.2, 0.25) is 0 Å². The van der Waals surface area contributed by atoms with Crippen LogP contribution in [0.1, 0.15) is 22.9 Å². The van der Waals surface area contributed by atoms with Gasteiger partial charge in [0.25, 0.3) is 0 Å². The Morgan fingerprint density at radius 3 is 2.02 bits per heavy atom. The molecule has 1 aliphatic rings. The second kappa shape index (κ2) is 10.0. The molecule has 0 saturated heterocycles. The van der Waals surface area contributed by atoms with E-state index in [1.54, 1.807) is 0 Å². The van der Waals surface area contributed by atoms with Crippen molar-refractivity contribution in [1.82, 2.24) is 9.88 Å². The van der Waals surface area contributed by atoms with Gasteiger partial charge < -0.3 is 9.88 Å². The summed E-state index contributed by atoms with van der Waals surface area (Å²) in [6.45, 7) is 0. The van der Waals surface area contributed by atoms with Crippen LogP contribution in [0.25, 0.3) is 47.7 Å². The fourth-order valence-corrected chi connectivity index (χ4v) is 7.55. The molecule has 0 spiro atoms. The van der Waals surface area contributed by atoms with E-state index in [1.807, 2.05) is 47.7 Å². The van der Waals surface area contributed by atoms with E-state index in [2.05, 4.69) is 119 Å². The van der Waals surface area contributed by atoms with Gasteiger partial charge >= 0.3 is 0 Å². The smallest absolute Gasteiger partial charge is 0.159 e. The lowest BCUT2D eigenvalue weighted by Gasteiger charge is -2.24. The highest BCUT2D eigenvalue weighted by Gasteiger charge is 2.22. The van der Waals surface area contributed by atoms with Crippen molar-refractivity contribution >= 4 is 65.0 Å². The number of nitrogens with zero attached hydrogens (tertiary/aromatic N) is 3. The van der Waals surface area contributed by atoms with Crippen molar-refractivity contribution in [1.29, 1.82) is 0 Å². The molecule has 3 heterocycles. The van der Waals surface area contributed by atoms with E-state index in [0.717, 1.165) is 34.0 Å².